The van der Waals surface area contributed by atoms with Gasteiger partial charge in [0.25, 0.3) is 0 Å². The lowest BCUT2D eigenvalue weighted by Gasteiger charge is -2.41. The molecular formula is C34H46N2P2. The largest absolute Gasteiger partial charge is 0.316 e. The van der Waals surface area contributed by atoms with Gasteiger partial charge in [-0.25, -0.2) is 0 Å². The molecule has 0 saturated carbocycles. The van der Waals surface area contributed by atoms with Gasteiger partial charge >= 0.3 is 0 Å². The predicted molar refractivity (Wildman–Crippen MR) is 172 cm³/mol. The molecule has 3 aromatic carbocycles. The minimum absolute atomic E-state index is 0.0382. The van der Waals surface area contributed by atoms with E-state index in [0.29, 0.717) is 0 Å². The number of nitrogens with one attached hydrogen (secondary N) is 2. The van der Waals surface area contributed by atoms with Crippen molar-refractivity contribution < 1.29 is 0 Å². The summed E-state index contributed by atoms with van der Waals surface area (Å²) in [5.41, 5.74) is 11.9. The molecule has 0 bridgehead atoms. The van der Waals surface area contributed by atoms with Crippen LogP contribution in [0.5, 0.6) is 0 Å². The summed E-state index contributed by atoms with van der Waals surface area (Å²) < 4.78 is 0. The van der Waals surface area contributed by atoms with Gasteiger partial charge in [-0.3, -0.25) is 0 Å². The smallest absolute Gasteiger partial charge is 0.00191 e. The van der Waals surface area contributed by atoms with Gasteiger partial charge < -0.3 is 10.6 Å². The van der Waals surface area contributed by atoms with Crippen molar-refractivity contribution in [1.82, 2.24) is 10.6 Å². The van der Waals surface area contributed by atoms with Crippen molar-refractivity contribution >= 4 is 17.2 Å². The molecule has 2 N–H and O–H groups in total. The zero-order valence-electron chi connectivity index (χ0n) is 23.6. The Hall–Kier alpha value is -1.56. The van der Waals surface area contributed by atoms with E-state index in [9.17, 15) is 0 Å². The molecule has 3 aromatic rings. The Kier molecular flexibility index (Phi) is 9.38. The maximum Gasteiger partial charge on any atom is 0.00191 e. The van der Waals surface area contributed by atoms with Gasteiger partial charge in [0, 0.05) is 13.1 Å². The average molecular weight is 545 g/mol. The van der Waals surface area contributed by atoms with Crippen LogP contribution in [0.3, 0.4) is 0 Å². The average Bonchev–Trinajstić information content (AvgIpc) is 2.96. The maximum absolute atomic E-state index is 3.77. The minimum atomic E-state index is -0.138. The predicted octanol–water partition coefficient (Wildman–Crippen LogP) is 8.18. The first-order valence-corrected chi connectivity index (χ1v) is 17.1. The Morgan fingerprint density at radius 1 is 0.816 bits per heavy atom. The van der Waals surface area contributed by atoms with Crippen molar-refractivity contribution in [1.29, 1.82) is 0 Å². The van der Waals surface area contributed by atoms with Crippen LogP contribution in [-0.4, -0.2) is 37.5 Å². The van der Waals surface area contributed by atoms with E-state index in [4.69, 9.17) is 0 Å². The van der Waals surface area contributed by atoms with Crippen LogP contribution in [0, 0.1) is 0 Å². The molecule has 2 heterocycles. The van der Waals surface area contributed by atoms with Crippen LogP contribution < -0.4 is 10.6 Å². The van der Waals surface area contributed by atoms with E-state index < -0.39 is 0 Å². The highest BCUT2D eigenvalue weighted by atomic mass is 31.1. The molecule has 0 aliphatic carbocycles. The fourth-order valence-corrected chi connectivity index (χ4v) is 10.7. The Labute approximate surface area is 234 Å². The third-order valence-electron chi connectivity index (χ3n) is 8.46. The van der Waals surface area contributed by atoms with Crippen molar-refractivity contribution in [2.75, 3.05) is 26.2 Å². The van der Waals surface area contributed by atoms with Crippen molar-refractivity contribution in [3.63, 3.8) is 0 Å². The molecule has 0 radical (unpaired) electrons. The second kappa shape index (κ2) is 12.7. The second-order valence-corrected chi connectivity index (χ2v) is 15.4. The molecule has 0 spiro atoms. The second-order valence-electron chi connectivity index (χ2n) is 12.2. The van der Waals surface area contributed by atoms with Gasteiger partial charge in [-0.1, -0.05) is 89.4 Å². The Bertz CT molecular complexity index is 1160. The summed E-state index contributed by atoms with van der Waals surface area (Å²) in [5, 5.41) is 7.55. The summed E-state index contributed by atoms with van der Waals surface area (Å²) in [7, 11) is 2.94. The quantitative estimate of drug-likeness (QED) is 0.293. The molecule has 0 aromatic heterocycles. The van der Waals surface area contributed by atoms with Gasteiger partial charge in [-0.15, -0.1) is 9.24 Å². The van der Waals surface area contributed by atoms with Crippen LogP contribution in [0.2, 0.25) is 0 Å². The monoisotopic (exact) mass is 544 g/mol. The van der Waals surface area contributed by atoms with Crippen LogP contribution in [0.1, 0.15) is 63.1 Å². The molecule has 5 rings (SSSR count). The van der Waals surface area contributed by atoms with E-state index in [2.05, 4.69) is 107 Å². The fraction of sp³-hybridized carbons (Fsp3) is 0.471. The van der Waals surface area contributed by atoms with E-state index in [1.807, 2.05) is 0 Å². The van der Waals surface area contributed by atoms with Crippen molar-refractivity contribution in [3.8, 4) is 22.3 Å². The van der Waals surface area contributed by atoms with Crippen LogP contribution in [0.4, 0.5) is 0 Å². The molecule has 2 aliphatic heterocycles. The summed E-state index contributed by atoms with van der Waals surface area (Å²) >= 11 is 0. The number of hydrogen-bond donors (Lipinski definition) is 2. The first kappa shape index (κ1) is 28.0. The lowest BCUT2D eigenvalue weighted by molar-refractivity contribution is 0.500. The van der Waals surface area contributed by atoms with E-state index in [1.54, 1.807) is 11.1 Å². The van der Waals surface area contributed by atoms with Gasteiger partial charge in [0.05, 0.1) is 0 Å². The molecule has 2 saturated heterocycles. The molecule has 2 fully saturated rings. The zero-order chi connectivity index (χ0) is 26.5. The number of benzene rings is 3. The lowest BCUT2D eigenvalue weighted by Crippen LogP contribution is -2.39. The summed E-state index contributed by atoms with van der Waals surface area (Å²) in [4.78, 5) is 0. The van der Waals surface area contributed by atoms with Crippen LogP contribution in [-0.2, 0) is 17.7 Å². The Balaban J connectivity index is 1.72. The summed E-state index contributed by atoms with van der Waals surface area (Å²) in [6.07, 6.45) is 7.69. The van der Waals surface area contributed by atoms with Crippen LogP contribution in [0.15, 0.2) is 66.7 Å². The van der Waals surface area contributed by atoms with Crippen molar-refractivity contribution in [2.24, 2.45) is 0 Å². The van der Waals surface area contributed by atoms with E-state index in [1.165, 1.54) is 85.8 Å². The van der Waals surface area contributed by atoms with Gasteiger partial charge in [-0.05, 0) is 113 Å². The van der Waals surface area contributed by atoms with Crippen LogP contribution in [0.25, 0.3) is 22.3 Å². The van der Waals surface area contributed by atoms with Gasteiger partial charge in [-0.2, -0.15) is 0 Å². The number of rotatable bonds is 7. The lowest BCUT2D eigenvalue weighted by atomic mass is 9.75. The van der Waals surface area contributed by atoms with Crippen LogP contribution >= 0.6 is 17.2 Å². The highest BCUT2D eigenvalue weighted by Gasteiger charge is 2.35. The van der Waals surface area contributed by atoms with E-state index >= 15 is 0 Å². The van der Waals surface area contributed by atoms with E-state index in [-0.39, 0.29) is 13.3 Å². The van der Waals surface area contributed by atoms with Gasteiger partial charge in [0.1, 0.15) is 0 Å². The fourth-order valence-electron chi connectivity index (χ4n) is 6.69. The zero-order valence-corrected chi connectivity index (χ0v) is 25.7. The normalized spacial score (nSPS) is 21.3. The first-order valence-electron chi connectivity index (χ1n) is 14.6. The molecule has 0 amide bonds. The third kappa shape index (κ3) is 6.26. The maximum atomic E-state index is 3.77. The summed E-state index contributed by atoms with van der Waals surface area (Å²) in [6.45, 7) is 12.1. The molecule has 2 nitrogen and oxygen atoms in total. The molecule has 2 aliphatic rings. The molecule has 3 unspecified atom stereocenters. The van der Waals surface area contributed by atoms with Crippen molar-refractivity contribution in [3.05, 3.63) is 83.4 Å². The number of piperidine rings is 2. The first-order chi connectivity index (χ1) is 18.5. The minimum Gasteiger partial charge on any atom is -0.316 e. The SMILES string of the molecule is CC(C)(C)c1c(CP(C2CCCNC2)C2CCCNC2)c(CP)cc(-c2ccccc2)c1-c1ccccc1. The Morgan fingerprint density at radius 3 is 1.84 bits per heavy atom. The molecule has 38 heavy (non-hydrogen) atoms. The molecule has 3 atom stereocenters. The van der Waals surface area contributed by atoms with Gasteiger partial charge in [0.15, 0.2) is 0 Å². The third-order valence-corrected chi connectivity index (χ3v) is 12.3. The highest BCUT2D eigenvalue weighted by Crippen LogP contribution is 2.56. The van der Waals surface area contributed by atoms with Gasteiger partial charge in [0.2, 0.25) is 0 Å². The standard InChI is InChI=1S/C34H46N2P2/c1-34(2,3)33-31(24-38(28-16-10-18-35-21-28)29-17-11-19-36-22-29)27(23-37)20-30(25-12-6-4-7-13-25)32(33)26-14-8-5-9-15-26/h4-9,12-15,20,28-29,35-36H,10-11,16-19,21-24,37H2,1-3H3. The van der Waals surface area contributed by atoms with Crippen molar-refractivity contribution in [2.45, 2.75) is 75.5 Å². The topological polar surface area (TPSA) is 24.1 Å². The molecule has 202 valence electrons. The Morgan fingerprint density at radius 2 is 1.37 bits per heavy atom. The molecule has 4 heteroatoms. The molecular weight excluding hydrogens is 498 g/mol. The summed E-state index contributed by atoms with van der Waals surface area (Å²) in [5.74, 6) is 0. The van der Waals surface area contributed by atoms with E-state index in [0.717, 1.165) is 17.5 Å². The highest BCUT2D eigenvalue weighted by molar-refractivity contribution is 7.58. The summed E-state index contributed by atoms with van der Waals surface area (Å²) in [6, 6.07) is 24.8. The number of hydrogen-bond acceptors (Lipinski definition) is 2.